The Labute approximate surface area is 142 Å². The molecule has 1 aromatic heterocycles. The first-order valence-electron chi connectivity index (χ1n) is 9.32. The van der Waals surface area contributed by atoms with Gasteiger partial charge in [0.2, 0.25) is 0 Å². The molecule has 3 aliphatic rings. The standard InChI is InChI=1S/C18H27N3O3/c22-12-14-7-13(9-20-5-1-2-6-20)10-21(11-14)18(23)16-8-17(24-19-16)15-3-4-15/h8,13-15,22H,1-7,9-12H2. The summed E-state index contributed by atoms with van der Waals surface area (Å²) in [6.45, 7) is 4.90. The van der Waals surface area contributed by atoms with Crippen LogP contribution in [0, 0.1) is 11.8 Å². The van der Waals surface area contributed by atoms with Crippen LogP contribution in [0.5, 0.6) is 0 Å². The fourth-order valence-corrected chi connectivity index (χ4v) is 4.19. The number of aromatic nitrogens is 1. The predicted molar refractivity (Wildman–Crippen MR) is 88.7 cm³/mol. The van der Waals surface area contributed by atoms with Crippen molar-refractivity contribution in [1.29, 1.82) is 0 Å². The fourth-order valence-electron chi connectivity index (χ4n) is 4.19. The zero-order valence-electron chi connectivity index (χ0n) is 14.2. The van der Waals surface area contributed by atoms with Gasteiger partial charge in [0.15, 0.2) is 5.69 Å². The van der Waals surface area contributed by atoms with Crippen molar-refractivity contribution in [2.75, 3.05) is 39.3 Å². The van der Waals surface area contributed by atoms with Crippen LogP contribution in [0.15, 0.2) is 10.6 Å². The van der Waals surface area contributed by atoms with Gasteiger partial charge in [0, 0.05) is 38.2 Å². The third-order valence-corrected chi connectivity index (χ3v) is 5.61. The normalized spacial score (nSPS) is 28.5. The smallest absolute Gasteiger partial charge is 0.276 e. The van der Waals surface area contributed by atoms with Crippen LogP contribution in [-0.4, -0.2) is 65.3 Å². The molecule has 0 radical (unpaired) electrons. The summed E-state index contributed by atoms with van der Waals surface area (Å²) in [5.41, 5.74) is 0.426. The third-order valence-electron chi connectivity index (χ3n) is 5.61. The number of nitrogens with zero attached hydrogens (tertiary/aromatic N) is 3. The summed E-state index contributed by atoms with van der Waals surface area (Å²) in [6.07, 6.45) is 5.83. The van der Waals surface area contributed by atoms with Crippen molar-refractivity contribution < 1.29 is 14.4 Å². The SMILES string of the molecule is O=C(c1cc(C2CC2)on1)N1CC(CO)CC(CN2CCCC2)C1. The van der Waals surface area contributed by atoms with Crippen molar-refractivity contribution in [2.45, 2.75) is 38.0 Å². The Kier molecular flexibility index (Phi) is 4.59. The number of carbonyl (C=O) groups excluding carboxylic acids is 1. The van der Waals surface area contributed by atoms with Crippen molar-refractivity contribution >= 4 is 5.91 Å². The van der Waals surface area contributed by atoms with Gasteiger partial charge < -0.3 is 19.4 Å². The molecule has 1 aromatic rings. The van der Waals surface area contributed by atoms with Crippen LogP contribution in [0.1, 0.15) is 54.3 Å². The summed E-state index contributed by atoms with van der Waals surface area (Å²) in [6, 6.07) is 1.82. The lowest BCUT2D eigenvalue weighted by Gasteiger charge is -2.38. The van der Waals surface area contributed by atoms with Crippen LogP contribution in [0.3, 0.4) is 0 Å². The Hall–Kier alpha value is -1.40. The maximum Gasteiger partial charge on any atom is 0.276 e. The van der Waals surface area contributed by atoms with Crippen LogP contribution in [-0.2, 0) is 0 Å². The van der Waals surface area contributed by atoms with E-state index < -0.39 is 0 Å². The van der Waals surface area contributed by atoms with Crippen LogP contribution in [0.2, 0.25) is 0 Å². The molecule has 24 heavy (non-hydrogen) atoms. The maximum absolute atomic E-state index is 12.8. The largest absolute Gasteiger partial charge is 0.396 e. The Bertz CT molecular complexity index is 578. The molecule has 2 atom stereocenters. The first kappa shape index (κ1) is 16.1. The Morgan fingerprint density at radius 2 is 2.00 bits per heavy atom. The van der Waals surface area contributed by atoms with E-state index in [1.54, 1.807) is 0 Å². The fraction of sp³-hybridized carbons (Fsp3) is 0.778. The molecule has 1 saturated carbocycles. The highest BCUT2D eigenvalue weighted by Gasteiger charge is 2.34. The van der Waals surface area contributed by atoms with E-state index in [1.807, 2.05) is 11.0 Å². The molecule has 2 unspecified atom stereocenters. The maximum atomic E-state index is 12.8. The summed E-state index contributed by atoms with van der Waals surface area (Å²) in [5.74, 6) is 1.88. The minimum absolute atomic E-state index is 0.0461. The molecule has 6 nitrogen and oxygen atoms in total. The number of hydrogen-bond donors (Lipinski definition) is 1. The zero-order chi connectivity index (χ0) is 16.5. The average Bonchev–Trinajstić information content (AvgIpc) is 3.11. The zero-order valence-corrected chi connectivity index (χ0v) is 14.2. The van der Waals surface area contributed by atoms with Gasteiger partial charge >= 0.3 is 0 Å². The highest BCUT2D eigenvalue weighted by molar-refractivity contribution is 5.92. The minimum Gasteiger partial charge on any atom is -0.396 e. The van der Waals surface area contributed by atoms with Gasteiger partial charge in [-0.3, -0.25) is 4.79 Å². The molecule has 1 amide bonds. The molecule has 0 bridgehead atoms. The van der Waals surface area contributed by atoms with Crippen LogP contribution >= 0.6 is 0 Å². The summed E-state index contributed by atoms with van der Waals surface area (Å²) < 4.78 is 5.33. The molecule has 2 saturated heterocycles. The lowest BCUT2D eigenvalue weighted by atomic mass is 9.89. The first-order valence-corrected chi connectivity index (χ1v) is 9.32. The summed E-state index contributed by atoms with van der Waals surface area (Å²) >= 11 is 0. The van der Waals surface area contributed by atoms with Gasteiger partial charge in [0.25, 0.3) is 5.91 Å². The molecule has 3 fully saturated rings. The monoisotopic (exact) mass is 333 g/mol. The molecule has 1 N–H and O–H groups in total. The number of amides is 1. The minimum atomic E-state index is -0.0461. The number of likely N-dealkylation sites (tertiary alicyclic amines) is 2. The van der Waals surface area contributed by atoms with E-state index >= 15 is 0 Å². The second kappa shape index (κ2) is 6.84. The molecule has 0 aromatic carbocycles. The van der Waals surface area contributed by atoms with E-state index in [-0.39, 0.29) is 18.4 Å². The second-order valence-corrected chi connectivity index (χ2v) is 7.76. The van der Waals surface area contributed by atoms with Crippen LogP contribution in [0.25, 0.3) is 0 Å². The molecule has 0 spiro atoms. The highest BCUT2D eigenvalue weighted by Crippen LogP contribution is 2.40. The van der Waals surface area contributed by atoms with Crippen molar-refractivity contribution in [3.05, 3.63) is 17.5 Å². The Balaban J connectivity index is 1.42. The summed E-state index contributed by atoms with van der Waals surface area (Å²) in [4.78, 5) is 17.2. The van der Waals surface area contributed by atoms with Gasteiger partial charge in [0.1, 0.15) is 5.76 Å². The number of carbonyl (C=O) groups is 1. The number of hydrogen-bond acceptors (Lipinski definition) is 5. The van der Waals surface area contributed by atoms with Crippen molar-refractivity contribution in [3.63, 3.8) is 0 Å². The quantitative estimate of drug-likeness (QED) is 0.888. The lowest BCUT2D eigenvalue weighted by Crippen LogP contribution is -2.47. The van der Waals surface area contributed by atoms with Gasteiger partial charge in [0.05, 0.1) is 0 Å². The van der Waals surface area contributed by atoms with E-state index in [2.05, 4.69) is 10.1 Å². The summed E-state index contributed by atoms with van der Waals surface area (Å²) in [5, 5.41) is 13.6. The highest BCUT2D eigenvalue weighted by atomic mass is 16.5. The predicted octanol–water partition coefficient (Wildman–Crippen LogP) is 1.72. The molecular weight excluding hydrogens is 306 g/mol. The number of piperidine rings is 1. The van der Waals surface area contributed by atoms with Crippen LogP contribution in [0.4, 0.5) is 0 Å². The van der Waals surface area contributed by atoms with Crippen molar-refractivity contribution in [1.82, 2.24) is 15.0 Å². The summed E-state index contributed by atoms with van der Waals surface area (Å²) in [7, 11) is 0. The number of rotatable bonds is 5. The van der Waals surface area contributed by atoms with Gasteiger partial charge in [-0.15, -0.1) is 0 Å². The molecule has 132 valence electrons. The molecule has 1 aliphatic carbocycles. The Morgan fingerprint density at radius 1 is 1.25 bits per heavy atom. The van der Waals surface area contributed by atoms with Crippen LogP contribution < -0.4 is 0 Å². The molecule has 4 rings (SSSR count). The van der Waals surface area contributed by atoms with Gasteiger partial charge in [-0.05, 0) is 57.0 Å². The van der Waals surface area contributed by atoms with Gasteiger partial charge in [-0.2, -0.15) is 0 Å². The average molecular weight is 333 g/mol. The molecule has 2 aliphatic heterocycles. The van der Waals surface area contributed by atoms with Gasteiger partial charge in [-0.25, -0.2) is 0 Å². The van der Waals surface area contributed by atoms with E-state index in [4.69, 9.17) is 4.52 Å². The molecular formula is C18H27N3O3. The first-order chi connectivity index (χ1) is 11.7. The third kappa shape index (κ3) is 3.49. The number of aliphatic hydroxyl groups excluding tert-OH is 1. The van der Waals surface area contributed by atoms with Gasteiger partial charge in [-0.1, -0.05) is 5.16 Å². The van der Waals surface area contributed by atoms with E-state index in [0.29, 0.717) is 24.1 Å². The molecule has 3 heterocycles. The van der Waals surface area contributed by atoms with E-state index in [0.717, 1.165) is 38.1 Å². The van der Waals surface area contributed by atoms with E-state index in [9.17, 15) is 9.90 Å². The molecule has 6 heteroatoms. The van der Waals surface area contributed by atoms with E-state index in [1.165, 1.54) is 25.9 Å². The van der Waals surface area contributed by atoms with Crippen molar-refractivity contribution in [2.24, 2.45) is 11.8 Å². The second-order valence-electron chi connectivity index (χ2n) is 7.76. The van der Waals surface area contributed by atoms with Crippen molar-refractivity contribution in [3.8, 4) is 0 Å². The lowest BCUT2D eigenvalue weighted by molar-refractivity contribution is 0.0457. The Morgan fingerprint density at radius 3 is 2.71 bits per heavy atom. The number of aliphatic hydroxyl groups is 1. The topological polar surface area (TPSA) is 69.8 Å².